The third-order valence-electron chi connectivity index (χ3n) is 4.33. The highest BCUT2D eigenvalue weighted by Gasteiger charge is 2.46. The van der Waals surface area contributed by atoms with Crippen LogP contribution in [-0.4, -0.2) is 35.3 Å². The van der Waals surface area contributed by atoms with Gasteiger partial charge in [0.1, 0.15) is 11.3 Å². The second-order valence-corrected chi connectivity index (χ2v) is 5.75. The lowest BCUT2D eigenvalue weighted by Gasteiger charge is -2.44. The molecule has 2 amide bonds. The first-order chi connectivity index (χ1) is 9.70. The fourth-order valence-electron chi connectivity index (χ4n) is 3.28. The van der Waals surface area contributed by atoms with Crippen LogP contribution in [0, 0.1) is 0 Å². The Bertz CT molecular complexity index is 489. The fraction of sp³-hybridized carbons (Fsp3) is 0.600. The van der Waals surface area contributed by atoms with Gasteiger partial charge >= 0.3 is 0 Å². The summed E-state index contributed by atoms with van der Waals surface area (Å²) in [5.41, 5.74) is -0.628. The van der Waals surface area contributed by atoms with Gasteiger partial charge in [-0.25, -0.2) is 0 Å². The average molecular weight is 276 g/mol. The third-order valence-corrected chi connectivity index (χ3v) is 4.33. The summed E-state index contributed by atoms with van der Waals surface area (Å²) < 4.78 is 5.29. The van der Waals surface area contributed by atoms with Gasteiger partial charge in [-0.1, -0.05) is 19.3 Å². The van der Waals surface area contributed by atoms with Gasteiger partial charge in [0.05, 0.1) is 12.8 Å². The van der Waals surface area contributed by atoms with Gasteiger partial charge in [-0.05, 0) is 25.0 Å². The lowest BCUT2D eigenvalue weighted by atomic mass is 9.79. The lowest BCUT2D eigenvalue weighted by Crippen LogP contribution is -2.67. The van der Waals surface area contributed by atoms with Crippen molar-refractivity contribution in [1.82, 2.24) is 10.2 Å². The van der Waals surface area contributed by atoms with E-state index in [1.54, 1.807) is 11.2 Å². The molecule has 5 heteroatoms. The zero-order valence-electron chi connectivity index (χ0n) is 11.6. The van der Waals surface area contributed by atoms with Gasteiger partial charge in [-0.2, -0.15) is 0 Å². The molecule has 0 unspecified atom stereocenters. The maximum Gasteiger partial charge on any atom is 0.248 e. The predicted octanol–water partition coefficient (Wildman–Crippen LogP) is 1.48. The van der Waals surface area contributed by atoms with E-state index < -0.39 is 5.54 Å². The molecule has 3 rings (SSSR count). The van der Waals surface area contributed by atoms with Crippen LogP contribution in [-0.2, 0) is 16.0 Å². The van der Waals surface area contributed by atoms with Crippen molar-refractivity contribution in [1.29, 1.82) is 0 Å². The number of nitrogens with one attached hydrogen (secondary N) is 1. The smallest absolute Gasteiger partial charge is 0.248 e. The summed E-state index contributed by atoms with van der Waals surface area (Å²) in [4.78, 5) is 26.3. The number of furan rings is 1. The molecule has 1 saturated heterocycles. The molecule has 20 heavy (non-hydrogen) atoms. The summed E-state index contributed by atoms with van der Waals surface area (Å²) in [6, 6.07) is 3.73. The van der Waals surface area contributed by atoms with Gasteiger partial charge in [0.15, 0.2) is 0 Å². The molecule has 1 aromatic heterocycles. The second-order valence-electron chi connectivity index (χ2n) is 5.75. The Morgan fingerprint density at radius 1 is 1.25 bits per heavy atom. The number of hydrogen-bond donors (Lipinski definition) is 1. The van der Waals surface area contributed by atoms with Crippen molar-refractivity contribution in [2.45, 2.75) is 44.1 Å². The van der Waals surface area contributed by atoms with Crippen molar-refractivity contribution in [3.8, 4) is 0 Å². The molecular formula is C15H20N2O3. The molecule has 1 spiro atoms. The highest BCUT2D eigenvalue weighted by molar-refractivity contribution is 5.98. The number of rotatable bonds is 3. The van der Waals surface area contributed by atoms with Crippen LogP contribution < -0.4 is 5.32 Å². The molecule has 1 aromatic rings. The predicted molar refractivity (Wildman–Crippen MR) is 73.0 cm³/mol. The van der Waals surface area contributed by atoms with Crippen LogP contribution in [0.1, 0.15) is 37.9 Å². The summed E-state index contributed by atoms with van der Waals surface area (Å²) in [7, 11) is 0. The van der Waals surface area contributed by atoms with Crippen molar-refractivity contribution < 1.29 is 14.0 Å². The van der Waals surface area contributed by atoms with Gasteiger partial charge in [0.25, 0.3) is 0 Å². The van der Waals surface area contributed by atoms with E-state index in [0.29, 0.717) is 13.0 Å². The fourth-order valence-corrected chi connectivity index (χ4v) is 3.28. The summed E-state index contributed by atoms with van der Waals surface area (Å²) >= 11 is 0. The SMILES string of the molecule is O=C1CN(CCc2ccco2)C(=O)C2(CCCCC2)N1. The number of carbonyl (C=O) groups excluding carboxylic acids is 2. The molecule has 2 aliphatic rings. The highest BCUT2D eigenvalue weighted by Crippen LogP contribution is 2.31. The Kier molecular flexibility index (Phi) is 3.51. The molecule has 1 aliphatic carbocycles. The van der Waals surface area contributed by atoms with Crippen molar-refractivity contribution in [2.75, 3.05) is 13.1 Å². The van der Waals surface area contributed by atoms with Gasteiger partial charge in [0, 0.05) is 13.0 Å². The number of carbonyl (C=O) groups is 2. The molecule has 2 fully saturated rings. The Morgan fingerprint density at radius 2 is 2.05 bits per heavy atom. The minimum Gasteiger partial charge on any atom is -0.469 e. The zero-order valence-corrected chi connectivity index (χ0v) is 11.6. The van der Waals surface area contributed by atoms with Crippen LogP contribution in [0.5, 0.6) is 0 Å². The highest BCUT2D eigenvalue weighted by atomic mass is 16.3. The molecule has 0 aromatic carbocycles. The number of hydrogen-bond acceptors (Lipinski definition) is 3. The van der Waals surface area contributed by atoms with Crippen LogP contribution in [0.25, 0.3) is 0 Å². The summed E-state index contributed by atoms with van der Waals surface area (Å²) in [6.45, 7) is 0.711. The molecule has 1 N–H and O–H groups in total. The quantitative estimate of drug-likeness (QED) is 0.909. The molecule has 2 heterocycles. The summed E-state index contributed by atoms with van der Waals surface area (Å²) in [5.74, 6) is 0.899. The van der Waals surface area contributed by atoms with E-state index in [0.717, 1.165) is 37.9 Å². The van der Waals surface area contributed by atoms with Crippen LogP contribution in [0.3, 0.4) is 0 Å². The number of amides is 2. The van der Waals surface area contributed by atoms with Gasteiger partial charge in [0.2, 0.25) is 11.8 Å². The first-order valence-corrected chi connectivity index (χ1v) is 7.32. The Hall–Kier alpha value is -1.78. The maximum absolute atomic E-state index is 12.7. The van der Waals surface area contributed by atoms with Crippen LogP contribution >= 0.6 is 0 Å². The average Bonchev–Trinajstić information content (AvgIpc) is 2.95. The molecule has 5 nitrogen and oxygen atoms in total. The van der Waals surface area contributed by atoms with Gasteiger partial charge in [-0.15, -0.1) is 0 Å². The van der Waals surface area contributed by atoms with Crippen molar-refractivity contribution in [3.05, 3.63) is 24.2 Å². The van der Waals surface area contributed by atoms with E-state index in [1.807, 2.05) is 12.1 Å². The minimum atomic E-state index is -0.628. The molecule has 0 radical (unpaired) electrons. The molecule has 0 atom stereocenters. The number of piperazine rings is 1. The van der Waals surface area contributed by atoms with E-state index in [-0.39, 0.29) is 18.4 Å². The first kappa shape index (κ1) is 13.2. The van der Waals surface area contributed by atoms with Crippen molar-refractivity contribution >= 4 is 11.8 Å². The Labute approximate surface area is 118 Å². The molecule has 1 aliphatic heterocycles. The topological polar surface area (TPSA) is 62.6 Å². The monoisotopic (exact) mass is 276 g/mol. The van der Waals surface area contributed by atoms with Crippen molar-refractivity contribution in [2.24, 2.45) is 0 Å². The van der Waals surface area contributed by atoms with E-state index >= 15 is 0 Å². The summed E-state index contributed by atoms with van der Waals surface area (Å²) in [6.07, 6.45) is 7.00. The normalized spacial score (nSPS) is 22.1. The number of nitrogens with zero attached hydrogens (tertiary/aromatic N) is 1. The molecule has 1 saturated carbocycles. The summed E-state index contributed by atoms with van der Waals surface area (Å²) in [5, 5.41) is 2.95. The molecule has 0 bridgehead atoms. The van der Waals surface area contributed by atoms with Crippen LogP contribution in [0.2, 0.25) is 0 Å². The molecule has 108 valence electrons. The Balaban J connectivity index is 1.70. The largest absolute Gasteiger partial charge is 0.469 e. The van der Waals surface area contributed by atoms with Crippen LogP contribution in [0.4, 0.5) is 0 Å². The van der Waals surface area contributed by atoms with Gasteiger partial charge < -0.3 is 14.6 Å². The lowest BCUT2D eigenvalue weighted by molar-refractivity contribution is -0.151. The molecular weight excluding hydrogens is 256 g/mol. The standard InChI is InChI=1S/C15H20N2O3/c18-13-11-17(9-6-12-5-4-10-20-12)14(19)15(16-13)7-2-1-3-8-15/h4-5,10H,1-3,6-9,11H2,(H,16,18). The van der Waals surface area contributed by atoms with E-state index in [4.69, 9.17) is 4.42 Å². The third kappa shape index (κ3) is 2.44. The van der Waals surface area contributed by atoms with E-state index in [2.05, 4.69) is 5.32 Å². The Morgan fingerprint density at radius 3 is 2.75 bits per heavy atom. The van der Waals surface area contributed by atoms with Gasteiger partial charge in [-0.3, -0.25) is 9.59 Å². The minimum absolute atomic E-state index is 0.0362. The van der Waals surface area contributed by atoms with E-state index in [9.17, 15) is 9.59 Å². The maximum atomic E-state index is 12.7. The zero-order chi connectivity index (χ0) is 14.0. The van der Waals surface area contributed by atoms with E-state index in [1.165, 1.54) is 0 Å². The van der Waals surface area contributed by atoms with Crippen LogP contribution in [0.15, 0.2) is 22.8 Å². The first-order valence-electron chi connectivity index (χ1n) is 7.32. The second kappa shape index (κ2) is 5.31. The van der Waals surface area contributed by atoms with Crippen molar-refractivity contribution in [3.63, 3.8) is 0 Å².